The van der Waals surface area contributed by atoms with E-state index in [9.17, 15) is 27.9 Å². The number of carbonyl (C=O) groups excluding carboxylic acids is 1. The number of thiophene rings is 1. The Bertz CT molecular complexity index is 1690. The van der Waals surface area contributed by atoms with Gasteiger partial charge in [-0.2, -0.15) is 18.3 Å². The quantitative estimate of drug-likeness (QED) is 0.213. The van der Waals surface area contributed by atoms with E-state index in [2.05, 4.69) is 22.2 Å². The van der Waals surface area contributed by atoms with Crippen molar-refractivity contribution < 1.29 is 32.6 Å². The van der Waals surface area contributed by atoms with Gasteiger partial charge in [0.25, 0.3) is 0 Å². The minimum Gasteiger partial charge on any atom is -0.489 e. The molecule has 3 aromatic heterocycles. The number of carboxylic acids is 1. The highest BCUT2D eigenvalue weighted by Crippen LogP contribution is 2.37. The zero-order valence-corrected chi connectivity index (χ0v) is 24.8. The van der Waals surface area contributed by atoms with Gasteiger partial charge < -0.3 is 14.7 Å². The van der Waals surface area contributed by atoms with Gasteiger partial charge in [-0.3, -0.25) is 4.79 Å². The van der Waals surface area contributed by atoms with Gasteiger partial charge in [0.2, 0.25) is 5.91 Å². The van der Waals surface area contributed by atoms with Crippen LogP contribution in [0.25, 0.3) is 16.4 Å². The molecule has 0 bridgehead atoms. The van der Waals surface area contributed by atoms with Gasteiger partial charge in [0.1, 0.15) is 17.9 Å². The summed E-state index contributed by atoms with van der Waals surface area (Å²) in [6, 6.07) is 12.7. The second-order valence-corrected chi connectivity index (χ2v) is 12.3. The Balaban J connectivity index is 1.13. The number of aryl methyl sites for hydroxylation is 1. The first-order chi connectivity index (χ1) is 21.1. The fraction of sp³-hybridized carbons (Fsp3) is 0.375. The van der Waals surface area contributed by atoms with Crippen molar-refractivity contribution in [2.75, 3.05) is 13.1 Å². The molecule has 0 spiro atoms. The first kappa shape index (κ1) is 29.9. The number of hydrogen-bond donors (Lipinski definition) is 1. The molecule has 1 saturated heterocycles. The molecule has 0 atom stereocenters. The van der Waals surface area contributed by atoms with Gasteiger partial charge in [-0.25, -0.2) is 14.5 Å². The Morgan fingerprint density at radius 3 is 2.55 bits per heavy atom. The van der Waals surface area contributed by atoms with E-state index in [4.69, 9.17) is 4.74 Å². The highest BCUT2D eigenvalue weighted by atomic mass is 32.1. The maximum atomic E-state index is 13.8. The van der Waals surface area contributed by atoms with Gasteiger partial charge in [-0.05, 0) is 85.2 Å². The van der Waals surface area contributed by atoms with Gasteiger partial charge in [-0.15, -0.1) is 11.3 Å². The molecule has 1 amide bonds. The number of alkyl halides is 3. The van der Waals surface area contributed by atoms with Crippen molar-refractivity contribution >= 4 is 23.2 Å². The molecule has 2 fully saturated rings. The van der Waals surface area contributed by atoms with E-state index in [0.29, 0.717) is 40.7 Å². The first-order valence-electron chi connectivity index (χ1n) is 14.5. The summed E-state index contributed by atoms with van der Waals surface area (Å²) in [6.45, 7) is 3.82. The van der Waals surface area contributed by atoms with Crippen LogP contribution in [0, 0.1) is 12.8 Å². The van der Waals surface area contributed by atoms with Gasteiger partial charge in [0.05, 0.1) is 16.8 Å². The summed E-state index contributed by atoms with van der Waals surface area (Å²) in [7, 11) is 0. The largest absolute Gasteiger partial charge is 0.489 e. The third kappa shape index (κ3) is 6.35. The third-order valence-corrected chi connectivity index (χ3v) is 9.24. The van der Waals surface area contributed by atoms with Crippen LogP contribution in [0.2, 0.25) is 0 Å². The number of ether oxygens (including phenoxy) is 1. The molecule has 1 aromatic carbocycles. The molecule has 230 valence electrons. The van der Waals surface area contributed by atoms with Crippen LogP contribution in [0.4, 0.5) is 13.2 Å². The number of carbonyl (C=O) groups is 2. The van der Waals surface area contributed by atoms with Crippen LogP contribution >= 0.6 is 11.3 Å². The maximum absolute atomic E-state index is 13.8. The number of amides is 1. The molecule has 2 aliphatic rings. The van der Waals surface area contributed by atoms with Gasteiger partial charge in [0, 0.05) is 25.1 Å². The Hall–Kier alpha value is -4.19. The van der Waals surface area contributed by atoms with Gasteiger partial charge in [0.15, 0.2) is 11.5 Å². The van der Waals surface area contributed by atoms with Crippen molar-refractivity contribution in [3.05, 3.63) is 82.0 Å². The first-order valence-corrected chi connectivity index (χ1v) is 15.4. The Kier molecular flexibility index (Phi) is 8.19. The van der Waals surface area contributed by atoms with E-state index in [1.54, 1.807) is 12.1 Å². The Morgan fingerprint density at radius 1 is 1.09 bits per heavy atom. The summed E-state index contributed by atoms with van der Waals surface area (Å²) in [5, 5.41) is 14.8. The molecule has 4 aromatic rings. The normalized spacial score (nSPS) is 15.9. The number of aromatic carboxylic acids is 1. The highest BCUT2D eigenvalue weighted by molar-refractivity contribution is 7.13. The molecular weight excluding hydrogens is 593 g/mol. The lowest BCUT2D eigenvalue weighted by atomic mass is 9.88. The number of rotatable bonds is 9. The summed E-state index contributed by atoms with van der Waals surface area (Å²) in [6.07, 6.45) is 0.689. The van der Waals surface area contributed by atoms with E-state index >= 15 is 0 Å². The predicted molar refractivity (Wildman–Crippen MR) is 158 cm³/mol. The molecule has 0 radical (unpaired) electrons. The number of hydrogen-bond acceptors (Lipinski definition) is 6. The molecule has 1 aliphatic carbocycles. The van der Waals surface area contributed by atoms with Crippen molar-refractivity contribution in [1.82, 2.24) is 19.7 Å². The molecule has 1 aliphatic heterocycles. The SMILES string of the molecule is Cc1cc(C2CCN(C(=O)CC3CC3)CC2)ccc1OCc1ccsc1-c1cccc(-n2ncc(C(=O)O)c2C(F)(F)F)n1. The Morgan fingerprint density at radius 2 is 1.86 bits per heavy atom. The number of aromatic nitrogens is 3. The number of benzene rings is 1. The predicted octanol–water partition coefficient (Wildman–Crippen LogP) is 7.11. The lowest BCUT2D eigenvalue weighted by molar-refractivity contribution is -0.143. The highest BCUT2D eigenvalue weighted by Gasteiger charge is 2.41. The van der Waals surface area contributed by atoms with E-state index in [1.165, 1.54) is 35.8 Å². The standard InChI is InChI=1S/C32H31F3N4O4S/c1-19-15-22(21-9-12-38(13-10-21)28(40)16-20-5-6-20)7-8-26(19)43-18-23-11-14-44-29(23)25-3-2-4-27(37-25)39-30(32(33,34)35)24(17-36-39)31(41)42/h2-4,7-8,11,14-15,17,20-21H,5-6,9-10,12-13,16,18H2,1H3,(H,41,42). The molecule has 1 saturated carbocycles. The zero-order chi connectivity index (χ0) is 31.0. The fourth-order valence-corrected chi connectivity index (χ4v) is 6.58. The number of halogens is 3. The summed E-state index contributed by atoms with van der Waals surface area (Å²) < 4.78 is 48.0. The minimum absolute atomic E-state index is 0.146. The molecule has 44 heavy (non-hydrogen) atoms. The van der Waals surface area contributed by atoms with Crippen molar-refractivity contribution in [1.29, 1.82) is 0 Å². The minimum atomic E-state index is -4.94. The molecule has 4 heterocycles. The lowest BCUT2D eigenvalue weighted by Gasteiger charge is -2.32. The third-order valence-electron chi connectivity index (χ3n) is 8.26. The van der Waals surface area contributed by atoms with Gasteiger partial charge in [-0.1, -0.05) is 18.2 Å². The lowest BCUT2D eigenvalue weighted by Crippen LogP contribution is -2.38. The number of likely N-dealkylation sites (tertiary alicyclic amines) is 1. The fourth-order valence-electron chi connectivity index (χ4n) is 5.70. The summed E-state index contributed by atoms with van der Waals surface area (Å²) >= 11 is 1.38. The molecule has 1 N–H and O–H groups in total. The average molecular weight is 625 g/mol. The monoisotopic (exact) mass is 624 g/mol. The maximum Gasteiger partial charge on any atom is 0.434 e. The summed E-state index contributed by atoms with van der Waals surface area (Å²) in [4.78, 5) is 31.0. The van der Waals surface area contributed by atoms with Crippen LogP contribution in [0.3, 0.4) is 0 Å². The molecule has 0 unspecified atom stereocenters. The van der Waals surface area contributed by atoms with Crippen molar-refractivity contribution in [2.24, 2.45) is 5.92 Å². The molecule has 12 heteroatoms. The zero-order valence-electron chi connectivity index (χ0n) is 24.0. The van der Waals surface area contributed by atoms with Crippen molar-refractivity contribution in [3.63, 3.8) is 0 Å². The van der Waals surface area contributed by atoms with Crippen molar-refractivity contribution in [3.8, 4) is 22.1 Å². The number of carboxylic acid groups (broad SMARTS) is 1. The Labute approximate surface area is 256 Å². The van der Waals surface area contributed by atoms with E-state index < -0.39 is 23.4 Å². The molecule has 8 nitrogen and oxygen atoms in total. The summed E-state index contributed by atoms with van der Waals surface area (Å²) in [5.74, 6) is 0.157. The number of nitrogens with zero attached hydrogens (tertiary/aromatic N) is 4. The summed E-state index contributed by atoms with van der Waals surface area (Å²) in [5.41, 5.74) is 1.14. The molecule has 6 rings (SSSR count). The van der Waals surface area contributed by atoms with Crippen LogP contribution in [0.5, 0.6) is 5.75 Å². The second-order valence-electron chi connectivity index (χ2n) is 11.4. The van der Waals surface area contributed by atoms with Gasteiger partial charge >= 0.3 is 12.1 Å². The number of pyridine rings is 1. The topological polar surface area (TPSA) is 97.6 Å². The van der Waals surface area contributed by atoms with Crippen LogP contribution in [0.1, 0.15) is 70.8 Å². The van der Waals surface area contributed by atoms with E-state index in [1.807, 2.05) is 29.3 Å². The number of piperidine rings is 1. The van der Waals surface area contributed by atoms with E-state index in [0.717, 1.165) is 47.7 Å². The van der Waals surface area contributed by atoms with Crippen molar-refractivity contribution in [2.45, 2.75) is 57.7 Å². The van der Waals surface area contributed by atoms with Crippen LogP contribution in [-0.4, -0.2) is 49.7 Å². The smallest absolute Gasteiger partial charge is 0.434 e. The van der Waals surface area contributed by atoms with Crippen LogP contribution < -0.4 is 4.74 Å². The molecular formula is C32H31F3N4O4S. The van der Waals surface area contributed by atoms with E-state index in [-0.39, 0.29) is 12.4 Å². The van der Waals surface area contributed by atoms with Crippen LogP contribution in [-0.2, 0) is 17.6 Å². The second kappa shape index (κ2) is 12.1. The average Bonchev–Trinajstić information content (AvgIpc) is 3.48. The van der Waals surface area contributed by atoms with Crippen LogP contribution in [0.15, 0.2) is 54.0 Å².